The molecular formula is C31H34BrN5O5S. The monoisotopic (exact) mass is 667 g/mol. The van der Waals surface area contributed by atoms with Crippen molar-refractivity contribution < 1.29 is 23.9 Å². The average Bonchev–Trinajstić information content (AvgIpc) is 3.68. The number of aromatic nitrogens is 2. The maximum Gasteiger partial charge on any atom is 0.307 e. The lowest BCUT2D eigenvalue weighted by atomic mass is 9.85. The van der Waals surface area contributed by atoms with E-state index in [1.165, 1.54) is 4.90 Å². The van der Waals surface area contributed by atoms with Crippen LogP contribution in [-0.2, 0) is 9.59 Å². The molecule has 1 saturated heterocycles. The van der Waals surface area contributed by atoms with Crippen LogP contribution in [-0.4, -0.2) is 62.4 Å². The Morgan fingerprint density at radius 1 is 1.14 bits per heavy atom. The molecule has 12 heteroatoms. The molecule has 3 N–H and O–H groups in total. The number of hydrogen-bond donors (Lipinski definition) is 3. The predicted octanol–water partition coefficient (Wildman–Crippen LogP) is 5.01. The number of carbonyl (C=O) groups is 3. The fourth-order valence-corrected chi connectivity index (χ4v) is 6.37. The van der Waals surface area contributed by atoms with Crippen LogP contribution in [0.5, 0.6) is 0 Å². The number of likely N-dealkylation sites (tertiary alicyclic amines) is 1. The molecule has 1 aliphatic heterocycles. The molecule has 2 aromatic heterocycles. The van der Waals surface area contributed by atoms with Crippen molar-refractivity contribution >= 4 is 56.1 Å². The quantitative estimate of drug-likeness (QED) is 0.252. The summed E-state index contributed by atoms with van der Waals surface area (Å²) in [6.45, 7) is 9.28. The zero-order valence-corrected chi connectivity index (χ0v) is 27.0. The van der Waals surface area contributed by atoms with Gasteiger partial charge in [-0.05, 0) is 48.6 Å². The van der Waals surface area contributed by atoms with E-state index in [4.69, 9.17) is 4.42 Å². The third kappa shape index (κ3) is 6.66. The van der Waals surface area contributed by atoms with Crippen LogP contribution in [0.1, 0.15) is 62.1 Å². The van der Waals surface area contributed by atoms with Crippen LogP contribution in [0.3, 0.4) is 0 Å². The zero-order chi connectivity index (χ0) is 31.1. The Labute approximate surface area is 262 Å². The number of nitrogens with zero attached hydrogens (tertiary/aromatic N) is 3. The first-order valence-corrected chi connectivity index (χ1v) is 15.7. The van der Waals surface area contributed by atoms with Crippen molar-refractivity contribution in [3.63, 3.8) is 0 Å². The number of aliphatic hydroxyl groups is 1. The molecule has 0 aliphatic carbocycles. The molecule has 0 spiro atoms. The standard InChI is InChI=1S/C31H34BrN5O5S/c1-16(18-6-8-19(9-7-18)25-17(2)33-15-43-25)34-27(39)23-13-21(38)14-37(23)30(41)26(31(3,4)5)36-28(40)29-35-22-12-20(32)10-11-24(22)42-29/h6-12,15-16,21,23,26,38H,13-14H2,1-5H3,(H,34,39)(H,36,40)/t16?,21-,23+,26?/m1/s1. The molecule has 10 nitrogen and oxygen atoms in total. The molecule has 4 aromatic rings. The van der Waals surface area contributed by atoms with E-state index in [0.717, 1.165) is 26.2 Å². The maximum absolute atomic E-state index is 13.9. The van der Waals surface area contributed by atoms with Gasteiger partial charge in [0.05, 0.1) is 28.2 Å². The van der Waals surface area contributed by atoms with Gasteiger partial charge in [0.15, 0.2) is 5.58 Å². The summed E-state index contributed by atoms with van der Waals surface area (Å²) < 4.78 is 6.41. The van der Waals surface area contributed by atoms with Gasteiger partial charge in [-0.15, -0.1) is 11.3 Å². The van der Waals surface area contributed by atoms with Gasteiger partial charge < -0.3 is 25.1 Å². The first-order chi connectivity index (χ1) is 20.3. The summed E-state index contributed by atoms with van der Waals surface area (Å²) in [5, 5.41) is 16.3. The number of carbonyl (C=O) groups excluding carboxylic acids is 3. The van der Waals surface area contributed by atoms with Crippen molar-refractivity contribution in [3.05, 3.63) is 69.6 Å². The molecule has 3 amide bonds. The molecule has 43 heavy (non-hydrogen) atoms. The third-order valence-corrected chi connectivity index (χ3v) is 9.05. The molecule has 0 bridgehead atoms. The number of halogens is 1. The molecular weight excluding hydrogens is 634 g/mol. The average molecular weight is 669 g/mol. The molecule has 2 aromatic carbocycles. The summed E-state index contributed by atoms with van der Waals surface area (Å²) in [7, 11) is 0. The number of rotatable bonds is 7. The van der Waals surface area contributed by atoms with Crippen molar-refractivity contribution in [2.45, 2.75) is 65.3 Å². The van der Waals surface area contributed by atoms with Crippen LogP contribution < -0.4 is 10.6 Å². The van der Waals surface area contributed by atoms with Crippen molar-refractivity contribution in [1.29, 1.82) is 0 Å². The van der Waals surface area contributed by atoms with Gasteiger partial charge in [-0.3, -0.25) is 14.4 Å². The molecule has 2 unspecified atom stereocenters. The highest BCUT2D eigenvalue weighted by atomic mass is 79.9. The van der Waals surface area contributed by atoms with Crippen LogP contribution >= 0.6 is 27.3 Å². The Hall–Kier alpha value is -3.61. The van der Waals surface area contributed by atoms with Crippen molar-refractivity contribution in [2.75, 3.05) is 6.54 Å². The fourth-order valence-electron chi connectivity index (χ4n) is 5.21. The topological polar surface area (TPSA) is 138 Å². The Balaban J connectivity index is 1.30. The number of amides is 3. The third-order valence-electron chi connectivity index (χ3n) is 7.57. The van der Waals surface area contributed by atoms with Gasteiger partial charge >= 0.3 is 5.91 Å². The van der Waals surface area contributed by atoms with Crippen LogP contribution in [0.25, 0.3) is 21.5 Å². The van der Waals surface area contributed by atoms with E-state index in [2.05, 4.69) is 36.5 Å². The first kappa shape index (κ1) is 30.8. The van der Waals surface area contributed by atoms with Gasteiger partial charge in [0, 0.05) is 17.4 Å². The van der Waals surface area contributed by atoms with E-state index in [1.54, 1.807) is 29.5 Å². The number of oxazole rings is 1. The summed E-state index contributed by atoms with van der Waals surface area (Å²) in [5.41, 5.74) is 4.96. The van der Waals surface area contributed by atoms with Crippen molar-refractivity contribution in [3.8, 4) is 10.4 Å². The van der Waals surface area contributed by atoms with Gasteiger partial charge in [0.2, 0.25) is 11.8 Å². The molecule has 0 saturated carbocycles. The lowest BCUT2D eigenvalue weighted by Crippen LogP contribution is -2.57. The second kappa shape index (κ2) is 12.2. The van der Waals surface area contributed by atoms with Crippen molar-refractivity contribution in [2.24, 2.45) is 5.41 Å². The molecule has 1 aliphatic rings. The van der Waals surface area contributed by atoms with E-state index in [-0.39, 0.29) is 30.8 Å². The number of nitrogens with one attached hydrogen (secondary N) is 2. The van der Waals surface area contributed by atoms with Gasteiger partial charge in [0.1, 0.15) is 17.6 Å². The number of hydrogen-bond acceptors (Lipinski definition) is 8. The highest BCUT2D eigenvalue weighted by molar-refractivity contribution is 9.10. The van der Waals surface area contributed by atoms with E-state index in [1.807, 2.05) is 64.4 Å². The maximum atomic E-state index is 13.9. The highest BCUT2D eigenvalue weighted by Gasteiger charge is 2.45. The summed E-state index contributed by atoms with van der Waals surface area (Å²) in [4.78, 5) is 51.7. The molecule has 226 valence electrons. The van der Waals surface area contributed by atoms with E-state index in [0.29, 0.717) is 11.1 Å². The van der Waals surface area contributed by atoms with Gasteiger partial charge in [-0.1, -0.05) is 61.0 Å². The Morgan fingerprint density at radius 2 is 1.86 bits per heavy atom. The molecule has 3 heterocycles. The fraction of sp³-hybridized carbons (Fsp3) is 0.387. The minimum Gasteiger partial charge on any atom is -0.432 e. The second-order valence-electron chi connectivity index (χ2n) is 11.9. The van der Waals surface area contributed by atoms with E-state index < -0.39 is 35.4 Å². The Morgan fingerprint density at radius 3 is 2.51 bits per heavy atom. The summed E-state index contributed by atoms with van der Waals surface area (Å²) in [6, 6.07) is 10.9. The SMILES string of the molecule is Cc1ncsc1-c1ccc(C(C)NC(=O)[C@@H]2C[C@@H](O)CN2C(=O)C(NC(=O)c2nc3cc(Br)ccc3o2)C(C)(C)C)cc1. The van der Waals surface area contributed by atoms with Crippen LogP contribution in [0.4, 0.5) is 0 Å². The zero-order valence-electron chi connectivity index (χ0n) is 24.6. The number of benzene rings is 2. The molecule has 0 radical (unpaired) electrons. The number of aliphatic hydroxyl groups excluding tert-OH is 1. The van der Waals surface area contributed by atoms with Gasteiger partial charge in [0.25, 0.3) is 5.89 Å². The number of thiazole rings is 1. The second-order valence-corrected chi connectivity index (χ2v) is 13.7. The normalized spacial score (nSPS) is 18.4. The number of fused-ring (bicyclic) bond motifs is 1. The van der Waals surface area contributed by atoms with E-state index in [9.17, 15) is 19.5 Å². The minimum atomic E-state index is -1.01. The summed E-state index contributed by atoms with van der Waals surface area (Å²) >= 11 is 4.95. The lowest BCUT2D eigenvalue weighted by Gasteiger charge is -2.35. The number of aryl methyl sites for hydroxylation is 1. The predicted molar refractivity (Wildman–Crippen MR) is 167 cm³/mol. The Bertz CT molecular complexity index is 1660. The Kier molecular flexibility index (Phi) is 8.73. The highest BCUT2D eigenvalue weighted by Crippen LogP contribution is 2.30. The van der Waals surface area contributed by atoms with Gasteiger partial charge in [-0.2, -0.15) is 0 Å². The molecule has 5 rings (SSSR count). The van der Waals surface area contributed by atoms with Crippen LogP contribution in [0, 0.1) is 12.3 Å². The van der Waals surface area contributed by atoms with Crippen molar-refractivity contribution in [1.82, 2.24) is 25.5 Å². The van der Waals surface area contributed by atoms with Crippen LogP contribution in [0.15, 0.2) is 56.9 Å². The lowest BCUT2D eigenvalue weighted by molar-refractivity contribution is -0.142. The van der Waals surface area contributed by atoms with E-state index >= 15 is 0 Å². The summed E-state index contributed by atoms with van der Waals surface area (Å²) in [6.07, 6.45) is -0.776. The molecule has 4 atom stereocenters. The summed E-state index contributed by atoms with van der Waals surface area (Å²) in [5.74, 6) is -1.65. The first-order valence-electron chi connectivity index (χ1n) is 14.0. The number of β-amino-alcohol motifs (C(OH)–C–C–N with tert-alkyl or cyclic N) is 1. The molecule has 1 fully saturated rings. The smallest absolute Gasteiger partial charge is 0.307 e. The largest absolute Gasteiger partial charge is 0.432 e. The van der Waals surface area contributed by atoms with Gasteiger partial charge in [-0.25, -0.2) is 9.97 Å². The minimum absolute atomic E-state index is 0.0203. The van der Waals surface area contributed by atoms with Crippen LogP contribution in [0.2, 0.25) is 0 Å².